The number of nitrogens with one attached hydrogen (secondary N) is 1. The predicted octanol–water partition coefficient (Wildman–Crippen LogP) is 1.70. The number of carbonyl (C=O) groups is 1. The third-order valence-electron chi connectivity index (χ3n) is 2.82. The zero-order chi connectivity index (χ0) is 12.7. The molecule has 0 saturated heterocycles. The van der Waals surface area contributed by atoms with Crippen molar-refractivity contribution < 1.29 is 4.79 Å². The molecule has 0 unspecified atom stereocenters. The first-order valence-corrected chi connectivity index (χ1v) is 6.16. The van der Waals surface area contributed by atoms with Crippen LogP contribution >= 0.6 is 0 Å². The van der Waals surface area contributed by atoms with E-state index in [0.717, 1.165) is 12.8 Å². The van der Waals surface area contributed by atoms with Gasteiger partial charge in [-0.15, -0.1) is 0 Å². The van der Waals surface area contributed by atoms with Crippen molar-refractivity contribution >= 4 is 5.91 Å². The molecule has 3 heteroatoms. The van der Waals surface area contributed by atoms with Crippen molar-refractivity contribution in [1.29, 1.82) is 0 Å². The SMILES string of the molecule is Cc1ccc(CCC(=O)NCCCN)c(C)c1. The van der Waals surface area contributed by atoms with E-state index < -0.39 is 0 Å². The van der Waals surface area contributed by atoms with Crippen molar-refractivity contribution in [2.24, 2.45) is 5.73 Å². The first-order valence-electron chi connectivity index (χ1n) is 6.16. The smallest absolute Gasteiger partial charge is 0.220 e. The quantitative estimate of drug-likeness (QED) is 0.736. The first kappa shape index (κ1) is 13.7. The Morgan fingerprint density at radius 1 is 1.35 bits per heavy atom. The third-order valence-corrected chi connectivity index (χ3v) is 2.82. The molecule has 3 nitrogen and oxygen atoms in total. The summed E-state index contributed by atoms with van der Waals surface area (Å²) >= 11 is 0. The van der Waals surface area contributed by atoms with Gasteiger partial charge in [0.05, 0.1) is 0 Å². The molecule has 1 aromatic carbocycles. The van der Waals surface area contributed by atoms with Gasteiger partial charge in [0.15, 0.2) is 0 Å². The molecule has 0 aliphatic rings. The van der Waals surface area contributed by atoms with Crippen molar-refractivity contribution in [3.8, 4) is 0 Å². The highest BCUT2D eigenvalue weighted by Gasteiger charge is 2.03. The summed E-state index contributed by atoms with van der Waals surface area (Å²) in [7, 11) is 0. The van der Waals surface area contributed by atoms with Crippen LogP contribution in [0.4, 0.5) is 0 Å². The van der Waals surface area contributed by atoms with E-state index in [9.17, 15) is 4.79 Å². The number of nitrogens with two attached hydrogens (primary N) is 1. The molecular weight excluding hydrogens is 212 g/mol. The molecule has 0 bridgehead atoms. The van der Waals surface area contributed by atoms with Crippen molar-refractivity contribution in [2.75, 3.05) is 13.1 Å². The van der Waals surface area contributed by atoms with E-state index in [1.165, 1.54) is 16.7 Å². The summed E-state index contributed by atoms with van der Waals surface area (Å²) in [5, 5.41) is 2.87. The number of hydrogen-bond donors (Lipinski definition) is 2. The van der Waals surface area contributed by atoms with Crippen molar-refractivity contribution in [2.45, 2.75) is 33.1 Å². The number of carbonyl (C=O) groups excluding carboxylic acids is 1. The lowest BCUT2D eigenvalue weighted by molar-refractivity contribution is -0.121. The Kier molecular flexibility index (Phi) is 5.70. The maximum atomic E-state index is 11.5. The number of rotatable bonds is 6. The van der Waals surface area contributed by atoms with Gasteiger partial charge in [-0.3, -0.25) is 4.79 Å². The Labute approximate surface area is 103 Å². The molecule has 1 amide bonds. The van der Waals surface area contributed by atoms with Crippen LogP contribution in [0.5, 0.6) is 0 Å². The van der Waals surface area contributed by atoms with Crippen LogP contribution in [0, 0.1) is 13.8 Å². The Balaban J connectivity index is 2.37. The molecule has 0 aromatic heterocycles. The molecule has 0 radical (unpaired) electrons. The zero-order valence-electron chi connectivity index (χ0n) is 10.8. The second-order valence-corrected chi connectivity index (χ2v) is 4.42. The van der Waals surface area contributed by atoms with Gasteiger partial charge in [-0.05, 0) is 44.4 Å². The van der Waals surface area contributed by atoms with E-state index in [4.69, 9.17) is 5.73 Å². The largest absolute Gasteiger partial charge is 0.356 e. The third kappa shape index (κ3) is 5.00. The molecular formula is C14H22N2O. The highest BCUT2D eigenvalue weighted by atomic mass is 16.1. The summed E-state index contributed by atoms with van der Waals surface area (Å²) in [5.74, 6) is 0.110. The maximum Gasteiger partial charge on any atom is 0.220 e. The summed E-state index contributed by atoms with van der Waals surface area (Å²) in [5.41, 5.74) is 9.14. The van der Waals surface area contributed by atoms with Crippen molar-refractivity contribution in [3.05, 3.63) is 34.9 Å². The van der Waals surface area contributed by atoms with Gasteiger partial charge < -0.3 is 11.1 Å². The average molecular weight is 234 g/mol. The van der Waals surface area contributed by atoms with Crippen molar-refractivity contribution in [1.82, 2.24) is 5.32 Å². The second kappa shape index (κ2) is 7.07. The van der Waals surface area contributed by atoms with Gasteiger partial charge in [0.2, 0.25) is 5.91 Å². The summed E-state index contributed by atoms with van der Waals surface area (Å²) in [6.07, 6.45) is 2.20. The lowest BCUT2D eigenvalue weighted by Crippen LogP contribution is -2.26. The topological polar surface area (TPSA) is 55.1 Å². The Morgan fingerprint density at radius 3 is 2.76 bits per heavy atom. The standard InChI is InChI=1S/C14H22N2O/c1-11-4-5-13(12(2)10-11)6-7-14(17)16-9-3-8-15/h4-5,10H,3,6-9,15H2,1-2H3,(H,16,17). The molecule has 0 fully saturated rings. The van der Waals surface area contributed by atoms with Gasteiger partial charge in [0, 0.05) is 13.0 Å². The van der Waals surface area contributed by atoms with E-state index in [1.807, 2.05) is 0 Å². The fourth-order valence-electron chi connectivity index (χ4n) is 1.79. The molecule has 3 N–H and O–H groups in total. The van der Waals surface area contributed by atoms with Crippen molar-refractivity contribution in [3.63, 3.8) is 0 Å². The minimum absolute atomic E-state index is 0.110. The van der Waals surface area contributed by atoms with E-state index in [1.54, 1.807) is 0 Å². The van der Waals surface area contributed by atoms with Crippen LogP contribution < -0.4 is 11.1 Å². The van der Waals surface area contributed by atoms with E-state index in [-0.39, 0.29) is 5.91 Å². The fourth-order valence-corrected chi connectivity index (χ4v) is 1.79. The minimum Gasteiger partial charge on any atom is -0.356 e. The lowest BCUT2D eigenvalue weighted by atomic mass is 10.0. The van der Waals surface area contributed by atoms with Crippen LogP contribution in [0.3, 0.4) is 0 Å². The van der Waals surface area contributed by atoms with Crippen LogP contribution in [0.2, 0.25) is 0 Å². The van der Waals surface area contributed by atoms with E-state index in [2.05, 4.69) is 37.4 Å². The predicted molar refractivity (Wildman–Crippen MR) is 70.9 cm³/mol. The number of benzene rings is 1. The van der Waals surface area contributed by atoms with Gasteiger partial charge in [0.1, 0.15) is 0 Å². The van der Waals surface area contributed by atoms with Gasteiger partial charge in [-0.25, -0.2) is 0 Å². The molecule has 0 spiro atoms. The Morgan fingerprint density at radius 2 is 2.12 bits per heavy atom. The normalized spacial score (nSPS) is 10.3. The summed E-state index contributed by atoms with van der Waals surface area (Å²) < 4.78 is 0. The molecule has 0 aliphatic carbocycles. The van der Waals surface area contributed by atoms with Crippen LogP contribution in [-0.2, 0) is 11.2 Å². The number of hydrogen-bond acceptors (Lipinski definition) is 2. The highest BCUT2D eigenvalue weighted by Crippen LogP contribution is 2.12. The molecule has 0 aliphatic heterocycles. The zero-order valence-corrected chi connectivity index (χ0v) is 10.8. The van der Waals surface area contributed by atoms with Gasteiger partial charge in [-0.2, -0.15) is 0 Å². The van der Waals surface area contributed by atoms with Crippen LogP contribution in [0.15, 0.2) is 18.2 Å². The maximum absolute atomic E-state index is 11.5. The summed E-state index contributed by atoms with van der Waals surface area (Å²) in [4.78, 5) is 11.5. The Hall–Kier alpha value is -1.35. The number of aryl methyl sites for hydroxylation is 3. The van der Waals surface area contributed by atoms with Crippen LogP contribution in [-0.4, -0.2) is 19.0 Å². The molecule has 1 aromatic rings. The van der Waals surface area contributed by atoms with E-state index >= 15 is 0 Å². The summed E-state index contributed by atoms with van der Waals surface area (Å²) in [6, 6.07) is 6.36. The molecule has 0 atom stereocenters. The summed E-state index contributed by atoms with van der Waals surface area (Å²) in [6.45, 7) is 5.48. The van der Waals surface area contributed by atoms with E-state index in [0.29, 0.717) is 19.5 Å². The number of amides is 1. The highest BCUT2D eigenvalue weighted by molar-refractivity contribution is 5.76. The van der Waals surface area contributed by atoms with Gasteiger partial charge >= 0.3 is 0 Å². The fraction of sp³-hybridized carbons (Fsp3) is 0.500. The molecule has 17 heavy (non-hydrogen) atoms. The molecule has 94 valence electrons. The second-order valence-electron chi connectivity index (χ2n) is 4.42. The molecule has 1 rings (SSSR count). The average Bonchev–Trinajstić information content (AvgIpc) is 2.28. The Bertz CT molecular complexity index is 374. The van der Waals surface area contributed by atoms with Gasteiger partial charge in [-0.1, -0.05) is 23.8 Å². The van der Waals surface area contributed by atoms with Crippen LogP contribution in [0.1, 0.15) is 29.5 Å². The first-order chi connectivity index (χ1) is 8.13. The lowest BCUT2D eigenvalue weighted by Gasteiger charge is -2.07. The minimum atomic E-state index is 0.110. The van der Waals surface area contributed by atoms with Gasteiger partial charge in [0.25, 0.3) is 0 Å². The monoisotopic (exact) mass is 234 g/mol. The molecule has 0 saturated carbocycles. The molecule has 0 heterocycles. The van der Waals surface area contributed by atoms with Crippen LogP contribution in [0.25, 0.3) is 0 Å².